The number of nitrogens with one attached hydrogen (secondary N) is 1. The predicted octanol–water partition coefficient (Wildman–Crippen LogP) is 2.06. The van der Waals surface area contributed by atoms with Crippen LogP contribution in [-0.2, 0) is 4.79 Å². The van der Waals surface area contributed by atoms with Crippen LogP contribution in [0.5, 0.6) is 0 Å². The van der Waals surface area contributed by atoms with Crippen molar-refractivity contribution in [2.75, 3.05) is 26.2 Å². The summed E-state index contributed by atoms with van der Waals surface area (Å²) in [6, 6.07) is 0. The van der Waals surface area contributed by atoms with E-state index in [2.05, 4.69) is 19.2 Å². The van der Waals surface area contributed by atoms with Crippen LogP contribution in [0.2, 0.25) is 0 Å². The van der Waals surface area contributed by atoms with Crippen LogP contribution < -0.4 is 5.32 Å². The van der Waals surface area contributed by atoms with Crippen molar-refractivity contribution in [1.82, 2.24) is 10.2 Å². The van der Waals surface area contributed by atoms with Crippen LogP contribution in [0.3, 0.4) is 0 Å². The molecule has 0 spiro atoms. The SMILES string of the molecule is CCN(CC)C(=O)[C@@]12CCCC[C@H]1CNC2.Cl. The number of hydrogen-bond donors (Lipinski definition) is 1. The average Bonchev–Trinajstić information content (AvgIpc) is 2.75. The lowest BCUT2D eigenvalue weighted by atomic mass is 9.67. The van der Waals surface area contributed by atoms with Crippen LogP contribution in [0.15, 0.2) is 0 Å². The van der Waals surface area contributed by atoms with Crippen LogP contribution in [0.1, 0.15) is 39.5 Å². The first kappa shape index (κ1) is 14.8. The van der Waals surface area contributed by atoms with Crippen molar-refractivity contribution in [3.8, 4) is 0 Å². The fourth-order valence-corrected chi connectivity index (χ4v) is 3.49. The zero-order valence-corrected chi connectivity index (χ0v) is 11.8. The third-order valence-corrected chi connectivity index (χ3v) is 4.51. The summed E-state index contributed by atoms with van der Waals surface area (Å²) in [4.78, 5) is 14.7. The molecule has 1 saturated carbocycles. The van der Waals surface area contributed by atoms with Crippen molar-refractivity contribution in [1.29, 1.82) is 0 Å². The summed E-state index contributed by atoms with van der Waals surface area (Å²) in [5.74, 6) is 1.00. The molecule has 100 valence electrons. The van der Waals surface area contributed by atoms with Gasteiger partial charge in [-0.1, -0.05) is 12.8 Å². The molecule has 0 aromatic carbocycles. The Morgan fingerprint density at radius 1 is 1.35 bits per heavy atom. The minimum Gasteiger partial charge on any atom is -0.343 e. The van der Waals surface area contributed by atoms with Crippen molar-refractivity contribution >= 4 is 18.3 Å². The lowest BCUT2D eigenvalue weighted by Gasteiger charge is -2.40. The largest absolute Gasteiger partial charge is 0.343 e. The van der Waals surface area contributed by atoms with Crippen molar-refractivity contribution < 1.29 is 4.79 Å². The summed E-state index contributed by atoms with van der Waals surface area (Å²) in [6.45, 7) is 7.82. The first-order valence-corrected chi connectivity index (χ1v) is 6.74. The number of amides is 1. The smallest absolute Gasteiger partial charge is 0.230 e. The van der Waals surface area contributed by atoms with Crippen molar-refractivity contribution in [3.63, 3.8) is 0 Å². The van der Waals surface area contributed by atoms with Crippen LogP contribution in [0.25, 0.3) is 0 Å². The average molecular weight is 261 g/mol. The van der Waals surface area contributed by atoms with Crippen molar-refractivity contribution in [2.45, 2.75) is 39.5 Å². The molecule has 4 heteroatoms. The Bertz CT molecular complexity index is 268. The molecule has 2 aliphatic rings. The maximum atomic E-state index is 12.6. The third-order valence-electron chi connectivity index (χ3n) is 4.51. The van der Waals surface area contributed by atoms with Crippen LogP contribution >= 0.6 is 12.4 Å². The zero-order chi connectivity index (χ0) is 11.6. The van der Waals surface area contributed by atoms with Gasteiger partial charge >= 0.3 is 0 Å². The normalized spacial score (nSPS) is 31.5. The molecule has 0 aromatic heterocycles. The molecule has 2 rings (SSSR count). The Morgan fingerprint density at radius 3 is 2.71 bits per heavy atom. The van der Waals surface area contributed by atoms with E-state index in [9.17, 15) is 4.79 Å². The minimum atomic E-state index is -0.0513. The number of carbonyl (C=O) groups is 1. The number of rotatable bonds is 3. The number of halogens is 1. The molecule has 2 fully saturated rings. The number of carbonyl (C=O) groups excluding carboxylic acids is 1. The van der Waals surface area contributed by atoms with E-state index in [4.69, 9.17) is 0 Å². The Hall–Kier alpha value is -0.280. The number of fused-ring (bicyclic) bond motifs is 1. The molecule has 1 aliphatic carbocycles. The lowest BCUT2D eigenvalue weighted by Crippen LogP contribution is -2.49. The van der Waals surface area contributed by atoms with E-state index in [0.29, 0.717) is 11.8 Å². The molecule has 3 nitrogen and oxygen atoms in total. The highest BCUT2D eigenvalue weighted by Gasteiger charge is 2.50. The van der Waals surface area contributed by atoms with Gasteiger partial charge in [-0.05, 0) is 39.2 Å². The second kappa shape index (κ2) is 6.05. The van der Waals surface area contributed by atoms with E-state index >= 15 is 0 Å². The summed E-state index contributed by atoms with van der Waals surface area (Å²) in [7, 11) is 0. The highest BCUT2D eigenvalue weighted by molar-refractivity contribution is 5.85. The molecule has 0 unspecified atom stereocenters. The zero-order valence-electron chi connectivity index (χ0n) is 11.0. The molecule has 1 amide bonds. The summed E-state index contributed by atoms with van der Waals surface area (Å²) < 4.78 is 0. The van der Waals surface area contributed by atoms with Gasteiger partial charge in [0.1, 0.15) is 0 Å². The second-order valence-corrected chi connectivity index (χ2v) is 5.21. The molecular formula is C13H25ClN2O. The van der Waals surface area contributed by atoms with E-state index in [1.165, 1.54) is 19.3 Å². The molecule has 17 heavy (non-hydrogen) atoms. The van der Waals surface area contributed by atoms with Gasteiger partial charge in [0.2, 0.25) is 5.91 Å². The number of hydrogen-bond acceptors (Lipinski definition) is 2. The molecule has 1 saturated heterocycles. The van der Waals surface area contributed by atoms with Crippen LogP contribution in [0, 0.1) is 11.3 Å². The maximum absolute atomic E-state index is 12.6. The first-order valence-electron chi connectivity index (χ1n) is 6.74. The number of nitrogens with zero attached hydrogens (tertiary/aromatic N) is 1. The standard InChI is InChI=1S/C13H24N2O.ClH/c1-3-15(4-2)12(16)13-8-6-5-7-11(13)9-14-10-13;/h11,14H,3-10H2,1-2H3;1H/t11-,13+;/m0./s1. The first-order chi connectivity index (χ1) is 7.74. The van der Waals surface area contributed by atoms with Gasteiger partial charge in [-0.3, -0.25) is 4.79 Å². The van der Waals surface area contributed by atoms with Gasteiger partial charge in [0.25, 0.3) is 0 Å². The third kappa shape index (κ3) is 2.45. The highest BCUT2D eigenvalue weighted by atomic mass is 35.5. The highest BCUT2D eigenvalue weighted by Crippen LogP contribution is 2.44. The fraction of sp³-hybridized carbons (Fsp3) is 0.923. The Labute approximate surface area is 111 Å². The van der Waals surface area contributed by atoms with Crippen LogP contribution in [0.4, 0.5) is 0 Å². The Balaban J connectivity index is 0.00000144. The van der Waals surface area contributed by atoms with E-state index in [-0.39, 0.29) is 17.8 Å². The van der Waals surface area contributed by atoms with E-state index < -0.39 is 0 Å². The van der Waals surface area contributed by atoms with E-state index in [1.54, 1.807) is 0 Å². The quantitative estimate of drug-likeness (QED) is 0.843. The summed E-state index contributed by atoms with van der Waals surface area (Å²) in [6.07, 6.45) is 4.87. The van der Waals surface area contributed by atoms with Crippen molar-refractivity contribution in [2.24, 2.45) is 11.3 Å². The van der Waals surface area contributed by atoms with Gasteiger partial charge < -0.3 is 10.2 Å². The van der Waals surface area contributed by atoms with Gasteiger partial charge in [0, 0.05) is 19.6 Å². The fourth-order valence-electron chi connectivity index (χ4n) is 3.49. The molecule has 1 N–H and O–H groups in total. The molecule has 0 aromatic rings. The Kier molecular flexibility index (Phi) is 5.26. The molecule has 2 atom stereocenters. The Morgan fingerprint density at radius 2 is 2.06 bits per heavy atom. The van der Waals surface area contributed by atoms with Gasteiger partial charge in [0.15, 0.2) is 0 Å². The van der Waals surface area contributed by atoms with E-state index in [0.717, 1.165) is 32.6 Å². The summed E-state index contributed by atoms with van der Waals surface area (Å²) >= 11 is 0. The van der Waals surface area contributed by atoms with Crippen LogP contribution in [-0.4, -0.2) is 37.0 Å². The lowest BCUT2D eigenvalue weighted by molar-refractivity contribution is -0.145. The van der Waals surface area contributed by atoms with Crippen molar-refractivity contribution in [3.05, 3.63) is 0 Å². The van der Waals surface area contributed by atoms with Gasteiger partial charge in [0.05, 0.1) is 5.41 Å². The molecule has 0 bridgehead atoms. The van der Waals surface area contributed by atoms with Gasteiger partial charge in [-0.25, -0.2) is 0 Å². The predicted molar refractivity (Wildman–Crippen MR) is 72.4 cm³/mol. The summed E-state index contributed by atoms with van der Waals surface area (Å²) in [5, 5.41) is 3.44. The van der Waals surface area contributed by atoms with Gasteiger partial charge in [-0.15, -0.1) is 12.4 Å². The minimum absolute atomic E-state index is 0. The summed E-state index contributed by atoms with van der Waals surface area (Å²) in [5.41, 5.74) is -0.0513. The van der Waals surface area contributed by atoms with E-state index in [1.807, 2.05) is 4.90 Å². The monoisotopic (exact) mass is 260 g/mol. The molecule has 1 aliphatic heterocycles. The molecular weight excluding hydrogens is 236 g/mol. The molecule has 0 radical (unpaired) electrons. The maximum Gasteiger partial charge on any atom is 0.230 e. The topological polar surface area (TPSA) is 32.3 Å². The van der Waals surface area contributed by atoms with Gasteiger partial charge in [-0.2, -0.15) is 0 Å². The molecule has 1 heterocycles. The second-order valence-electron chi connectivity index (χ2n) is 5.21.